The molecule has 0 saturated heterocycles. The van der Waals surface area contributed by atoms with Crippen LogP contribution in [-0.2, 0) is 6.18 Å². The minimum Gasteiger partial charge on any atom is -0.300 e. The van der Waals surface area contributed by atoms with Crippen LogP contribution in [0.2, 0.25) is 0 Å². The van der Waals surface area contributed by atoms with Gasteiger partial charge in [0.2, 0.25) is 0 Å². The lowest BCUT2D eigenvalue weighted by Gasteiger charge is -2.10. The molecule has 1 heterocycles. The zero-order valence-electron chi connectivity index (χ0n) is 9.72. The van der Waals surface area contributed by atoms with Crippen LogP contribution in [-0.4, -0.2) is 9.55 Å². The monoisotopic (exact) mass is 366 g/mol. The lowest BCUT2D eigenvalue weighted by Crippen LogP contribution is -2.06. The second-order valence-corrected chi connectivity index (χ2v) is 4.94. The Balaban J connectivity index is 2.47. The van der Waals surface area contributed by atoms with E-state index in [1.807, 2.05) is 18.4 Å². The standard InChI is InChI=1S/C12H10F3IN2/c1-7-11(16)17-8(2)18(7)10-5-3-9(4-6-10)12(13,14)15/h3-6H,1-2H3. The number of rotatable bonds is 1. The van der Waals surface area contributed by atoms with Crippen LogP contribution in [0, 0.1) is 17.5 Å². The average Bonchev–Trinajstić information content (AvgIpc) is 2.52. The molecule has 2 aromatic rings. The molecule has 18 heavy (non-hydrogen) atoms. The molecule has 0 aliphatic carbocycles. The molecular formula is C12H10F3IN2. The maximum atomic E-state index is 12.5. The van der Waals surface area contributed by atoms with E-state index in [2.05, 4.69) is 27.6 Å². The molecule has 0 radical (unpaired) electrons. The maximum Gasteiger partial charge on any atom is 0.416 e. The third-order valence-electron chi connectivity index (χ3n) is 2.67. The Kier molecular flexibility index (Phi) is 3.39. The topological polar surface area (TPSA) is 17.8 Å². The summed E-state index contributed by atoms with van der Waals surface area (Å²) in [7, 11) is 0. The van der Waals surface area contributed by atoms with E-state index in [4.69, 9.17) is 0 Å². The Bertz CT molecular complexity index is 570. The number of aromatic nitrogens is 2. The number of hydrogen-bond donors (Lipinski definition) is 0. The maximum absolute atomic E-state index is 12.5. The third-order valence-corrected chi connectivity index (χ3v) is 3.69. The largest absolute Gasteiger partial charge is 0.416 e. The van der Waals surface area contributed by atoms with Crippen molar-refractivity contribution in [2.24, 2.45) is 0 Å². The molecule has 6 heteroatoms. The molecular weight excluding hydrogens is 356 g/mol. The third kappa shape index (κ3) is 2.38. The Labute approximate surface area is 116 Å². The van der Waals surface area contributed by atoms with Gasteiger partial charge in [-0.15, -0.1) is 0 Å². The molecule has 0 bridgehead atoms. The highest BCUT2D eigenvalue weighted by atomic mass is 127. The normalized spacial score (nSPS) is 11.9. The number of alkyl halides is 3. The Morgan fingerprint density at radius 3 is 2.06 bits per heavy atom. The van der Waals surface area contributed by atoms with Crippen LogP contribution in [0.4, 0.5) is 13.2 Å². The lowest BCUT2D eigenvalue weighted by atomic mass is 10.2. The van der Waals surface area contributed by atoms with Crippen molar-refractivity contribution in [3.8, 4) is 5.69 Å². The molecule has 0 spiro atoms. The molecule has 0 amide bonds. The molecule has 0 aliphatic rings. The van der Waals surface area contributed by atoms with E-state index in [-0.39, 0.29) is 0 Å². The highest BCUT2D eigenvalue weighted by molar-refractivity contribution is 14.1. The van der Waals surface area contributed by atoms with Gasteiger partial charge in [0, 0.05) is 5.69 Å². The first-order valence-corrected chi connectivity index (χ1v) is 6.27. The first kappa shape index (κ1) is 13.4. The van der Waals surface area contributed by atoms with E-state index in [1.54, 1.807) is 0 Å². The molecule has 0 unspecified atom stereocenters. The molecule has 2 rings (SSSR count). The summed E-state index contributed by atoms with van der Waals surface area (Å²) >= 11 is 2.11. The van der Waals surface area contributed by atoms with Crippen LogP contribution in [0.25, 0.3) is 5.69 Å². The smallest absolute Gasteiger partial charge is 0.300 e. The van der Waals surface area contributed by atoms with E-state index in [0.717, 1.165) is 27.4 Å². The summed E-state index contributed by atoms with van der Waals surface area (Å²) in [5.41, 5.74) is 0.970. The number of benzene rings is 1. The number of imidazole rings is 1. The summed E-state index contributed by atoms with van der Waals surface area (Å²) in [5, 5.41) is 0. The summed E-state index contributed by atoms with van der Waals surface area (Å²) in [5.74, 6) is 0.761. The first-order chi connectivity index (χ1) is 8.30. The fourth-order valence-corrected chi connectivity index (χ4v) is 2.38. The van der Waals surface area contributed by atoms with Crippen molar-refractivity contribution in [3.05, 3.63) is 45.0 Å². The fraction of sp³-hybridized carbons (Fsp3) is 0.250. The van der Waals surface area contributed by atoms with Gasteiger partial charge in [0.05, 0.1) is 11.3 Å². The average molecular weight is 366 g/mol. The summed E-state index contributed by atoms with van der Waals surface area (Å²) in [6.07, 6.45) is -4.30. The Morgan fingerprint density at radius 1 is 1.11 bits per heavy atom. The predicted octanol–water partition coefficient (Wildman–Crippen LogP) is 4.11. The number of nitrogens with zero attached hydrogens (tertiary/aromatic N) is 2. The summed E-state index contributed by atoms with van der Waals surface area (Å²) < 4.78 is 40.1. The Hall–Kier alpha value is -1.05. The molecule has 0 aliphatic heterocycles. The van der Waals surface area contributed by atoms with E-state index in [0.29, 0.717) is 5.69 Å². The van der Waals surface area contributed by atoms with Gasteiger partial charge in [-0.1, -0.05) is 0 Å². The van der Waals surface area contributed by atoms with Gasteiger partial charge in [-0.2, -0.15) is 13.2 Å². The highest BCUT2D eigenvalue weighted by Gasteiger charge is 2.30. The molecule has 1 aromatic heterocycles. The van der Waals surface area contributed by atoms with Gasteiger partial charge in [0.1, 0.15) is 9.53 Å². The van der Waals surface area contributed by atoms with Gasteiger partial charge in [0.15, 0.2) is 0 Å². The van der Waals surface area contributed by atoms with Crippen molar-refractivity contribution >= 4 is 22.6 Å². The number of hydrogen-bond acceptors (Lipinski definition) is 1. The molecule has 0 fully saturated rings. The van der Waals surface area contributed by atoms with Crippen molar-refractivity contribution in [2.45, 2.75) is 20.0 Å². The summed E-state index contributed by atoms with van der Waals surface area (Å²) in [6, 6.07) is 5.09. The molecule has 0 saturated carbocycles. The van der Waals surface area contributed by atoms with Crippen molar-refractivity contribution in [1.82, 2.24) is 9.55 Å². The van der Waals surface area contributed by atoms with Crippen LogP contribution in [0.1, 0.15) is 17.1 Å². The number of halogens is 4. The molecule has 2 nitrogen and oxygen atoms in total. The molecule has 0 N–H and O–H groups in total. The van der Waals surface area contributed by atoms with E-state index >= 15 is 0 Å². The zero-order valence-corrected chi connectivity index (χ0v) is 11.9. The van der Waals surface area contributed by atoms with Crippen molar-refractivity contribution < 1.29 is 13.2 Å². The quantitative estimate of drug-likeness (QED) is 0.695. The first-order valence-electron chi connectivity index (χ1n) is 5.20. The van der Waals surface area contributed by atoms with Gasteiger partial charge in [0.25, 0.3) is 0 Å². The van der Waals surface area contributed by atoms with Crippen LogP contribution < -0.4 is 0 Å². The van der Waals surface area contributed by atoms with Crippen LogP contribution in [0.3, 0.4) is 0 Å². The fourth-order valence-electron chi connectivity index (χ4n) is 1.79. The van der Waals surface area contributed by atoms with Gasteiger partial charge in [-0.05, 0) is 60.7 Å². The lowest BCUT2D eigenvalue weighted by molar-refractivity contribution is -0.137. The molecule has 1 aromatic carbocycles. The van der Waals surface area contributed by atoms with Crippen LogP contribution in [0.5, 0.6) is 0 Å². The second-order valence-electron chi connectivity index (χ2n) is 3.92. The minimum atomic E-state index is -4.30. The van der Waals surface area contributed by atoms with E-state index in [9.17, 15) is 13.2 Å². The van der Waals surface area contributed by atoms with Crippen molar-refractivity contribution in [1.29, 1.82) is 0 Å². The second kappa shape index (κ2) is 4.56. The Morgan fingerprint density at radius 2 is 1.67 bits per heavy atom. The molecule has 0 atom stereocenters. The van der Waals surface area contributed by atoms with Gasteiger partial charge >= 0.3 is 6.18 Å². The van der Waals surface area contributed by atoms with Gasteiger partial charge < -0.3 is 4.57 Å². The van der Waals surface area contributed by atoms with Crippen LogP contribution in [0.15, 0.2) is 24.3 Å². The zero-order chi connectivity index (χ0) is 13.5. The van der Waals surface area contributed by atoms with Gasteiger partial charge in [-0.25, -0.2) is 4.98 Å². The van der Waals surface area contributed by atoms with Gasteiger partial charge in [-0.3, -0.25) is 0 Å². The molecule has 96 valence electrons. The highest BCUT2D eigenvalue weighted by Crippen LogP contribution is 2.30. The van der Waals surface area contributed by atoms with E-state index < -0.39 is 11.7 Å². The summed E-state index contributed by atoms with van der Waals surface area (Å²) in [4.78, 5) is 4.29. The number of aryl methyl sites for hydroxylation is 1. The van der Waals surface area contributed by atoms with E-state index in [1.165, 1.54) is 12.1 Å². The van der Waals surface area contributed by atoms with Crippen LogP contribution >= 0.6 is 22.6 Å². The minimum absolute atomic E-state index is 0.642. The SMILES string of the molecule is Cc1nc(I)c(C)n1-c1ccc(C(F)(F)F)cc1. The van der Waals surface area contributed by atoms with Crippen molar-refractivity contribution in [2.75, 3.05) is 0 Å². The summed E-state index contributed by atoms with van der Waals surface area (Å²) in [6.45, 7) is 3.71. The van der Waals surface area contributed by atoms with Crippen molar-refractivity contribution in [3.63, 3.8) is 0 Å². The predicted molar refractivity (Wildman–Crippen MR) is 70.8 cm³/mol.